The Bertz CT molecular complexity index is 1350. The Balaban J connectivity index is 1.81. The lowest BCUT2D eigenvalue weighted by atomic mass is 10.1. The quantitative estimate of drug-likeness (QED) is 0.425. The maximum atomic E-state index is 12.9. The van der Waals surface area contributed by atoms with Gasteiger partial charge in [-0.05, 0) is 50.1 Å². The average molecular weight is 452 g/mol. The van der Waals surface area contributed by atoms with Crippen molar-refractivity contribution in [1.29, 1.82) is 0 Å². The predicted molar refractivity (Wildman–Crippen MR) is 125 cm³/mol. The summed E-state index contributed by atoms with van der Waals surface area (Å²) in [7, 11) is 0. The lowest BCUT2D eigenvalue weighted by Crippen LogP contribution is -2.16. The van der Waals surface area contributed by atoms with Crippen LogP contribution in [0.15, 0.2) is 35.1 Å². The summed E-state index contributed by atoms with van der Waals surface area (Å²) in [5.41, 5.74) is 7.96. The first-order valence-corrected chi connectivity index (χ1v) is 11.4. The molecule has 0 saturated carbocycles. The van der Waals surface area contributed by atoms with Gasteiger partial charge >= 0.3 is 0 Å². The molecule has 1 aromatic carbocycles. The maximum absolute atomic E-state index is 12.9. The zero-order valence-electron chi connectivity index (χ0n) is 18.3. The number of amides is 1. The second-order valence-corrected chi connectivity index (χ2v) is 8.67. The lowest BCUT2D eigenvalue weighted by Gasteiger charge is -2.12. The number of aromatic nitrogens is 4. The van der Waals surface area contributed by atoms with E-state index in [9.17, 15) is 9.59 Å². The standard InChI is InChI=1S/C23H25N5O3S/c1-4-6-19-25-13(3)20-23(30)26-22(27-28(19)20)16-12-14(7-9-17(16)31-5-2)11-15-8-10-18(32-15)21(24)29/h7-10,12H,4-6,11H2,1-3H3,(H2,24,29)(H,26,27,30). The number of imidazole rings is 1. The van der Waals surface area contributed by atoms with Crippen LogP contribution in [0.4, 0.5) is 0 Å². The normalized spacial score (nSPS) is 11.2. The molecule has 4 aromatic rings. The van der Waals surface area contributed by atoms with E-state index in [0.29, 0.717) is 46.3 Å². The number of thiophene rings is 1. The molecule has 8 nitrogen and oxygen atoms in total. The summed E-state index contributed by atoms with van der Waals surface area (Å²) < 4.78 is 7.47. The van der Waals surface area contributed by atoms with Crippen LogP contribution >= 0.6 is 11.3 Å². The van der Waals surface area contributed by atoms with Gasteiger partial charge in [0, 0.05) is 17.7 Å². The third-order valence-corrected chi connectivity index (χ3v) is 6.20. The van der Waals surface area contributed by atoms with Gasteiger partial charge in [0.2, 0.25) is 0 Å². The topological polar surface area (TPSA) is 115 Å². The van der Waals surface area contributed by atoms with Crippen LogP contribution in [0.1, 0.15) is 51.9 Å². The fourth-order valence-electron chi connectivity index (χ4n) is 3.70. The molecule has 0 aliphatic rings. The number of benzene rings is 1. The molecule has 9 heteroatoms. The van der Waals surface area contributed by atoms with Crippen molar-refractivity contribution in [2.24, 2.45) is 5.73 Å². The maximum Gasteiger partial charge on any atom is 0.277 e. The van der Waals surface area contributed by atoms with Gasteiger partial charge in [0.1, 0.15) is 11.6 Å². The minimum Gasteiger partial charge on any atom is -0.493 e. The molecule has 0 aliphatic heterocycles. The number of carbonyl (C=O) groups excluding carboxylic acids is 1. The van der Waals surface area contributed by atoms with E-state index in [1.54, 1.807) is 10.6 Å². The highest BCUT2D eigenvalue weighted by atomic mass is 32.1. The molecular formula is C23H25N5O3S. The van der Waals surface area contributed by atoms with Crippen molar-refractivity contribution < 1.29 is 9.53 Å². The molecule has 0 bridgehead atoms. The minimum atomic E-state index is -0.429. The Morgan fingerprint density at radius 2 is 2.06 bits per heavy atom. The molecular weight excluding hydrogens is 426 g/mol. The SMILES string of the molecule is CCCc1nc(C)c2c(=O)[nH]c(-c3cc(Cc4ccc(C(N)=O)s4)ccc3OCC)nn12. The van der Waals surface area contributed by atoms with E-state index < -0.39 is 5.91 Å². The number of nitrogens with zero attached hydrogens (tertiary/aromatic N) is 3. The molecule has 1 amide bonds. The number of aryl methyl sites for hydroxylation is 2. The van der Waals surface area contributed by atoms with Crippen molar-refractivity contribution in [3.63, 3.8) is 0 Å². The third kappa shape index (κ3) is 4.16. The number of carbonyl (C=O) groups is 1. The molecule has 0 unspecified atom stereocenters. The van der Waals surface area contributed by atoms with Gasteiger partial charge in [-0.3, -0.25) is 9.59 Å². The lowest BCUT2D eigenvalue weighted by molar-refractivity contribution is 0.100. The van der Waals surface area contributed by atoms with Gasteiger partial charge in [-0.15, -0.1) is 16.4 Å². The Hall–Kier alpha value is -3.46. The van der Waals surface area contributed by atoms with Crippen molar-refractivity contribution in [2.45, 2.75) is 40.0 Å². The number of H-pyrrole nitrogens is 1. The van der Waals surface area contributed by atoms with Crippen molar-refractivity contribution in [2.75, 3.05) is 6.61 Å². The van der Waals surface area contributed by atoms with Crippen molar-refractivity contribution in [3.8, 4) is 17.1 Å². The van der Waals surface area contributed by atoms with Crippen LogP contribution in [0.3, 0.4) is 0 Å². The van der Waals surface area contributed by atoms with Gasteiger partial charge in [0.25, 0.3) is 11.5 Å². The Morgan fingerprint density at radius 1 is 1.25 bits per heavy atom. The van der Waals surface area contributed by atoms with Gasteiger partial charge in [-0.25, -0.2) is 9.50 Å². The van der Waals surface area contributed by atoms with Crippen LogP contribution in [0, 0.1) is 6.92 Å². The number of nitrogens with one attached hydrogen (secondary N) is 1. The highest BCUT2D eigenvalue weighted by Gasteiger charge is 2.17. The molecule has 0 aliphatic carbocycles. The minimum absolute atomic E-state index is 0.237. The first-order chi connectivity index (χ1) is 15.4. The van der Waals surface area contributed by atoms with Gasteiger partial charge < -0.3 is 15.5 Å². The molecule has 3 N–H and O–H groups in total. The van der Waals surface area contributed by atoms with E-state index in [2.05, 4.69) is 16.9 Å². The number of aromatic amines is 1. The van der Waals surface area contributed by atoms with Gasteiger partial charge in [0.15, 0.2) is 11.3 Å². The first-order valence-electron chi connectivity index (χ1n) is 10.5. The van der Waals surface area contributed by atoms with Gasteiger partial charge in [-0.2, -0.15) is 0 Å². The van der Waals surface area contributed by atoms with Crippen LogP contribution in [-0.4, -0.2) is 32.1 Å². The monoisotopic (exact) mass is 451 g/mol. The summed E-state index contributed by atoms with van der Waals surface area (Å²) in [5, 5.41) is 4.72. The molecule has 3 aromatic heterocycles. The molecule has 3 heterocycles. The van der Waals surface area contributed by atoms with E-state index in [1.165, 1.54) is 11.3 Å². The second kappa shape index (κ2) is 8.96. The first kappa shape index (κ1) is 21.8. The Labute approximate surface area is 189 Å². The summed E-state index contributed by atoms with van der Waals surface area (Å²) in [6, 6.07) is 9.45. The fourth-order valence-corrected chi connectivity index (χ4v) is 4.60. The average Bonchev–Trinajstić information content (AvgIpc) is 3.34. The number of nitrogens with two attached hydrogens (primary N) is 1. The number of ether oxygens (including phenoxy) is 1. The molecule has 0 fully saturated rings. The highest BCUT2D eigenvalue weighted by Crippen LogP contribution is 2.30. The highest BCUT2D eigenvalue weighted by molar-refractivity contribution is 7.14. The molecule has 166 valence electrons. The second-order valence-electron chi connectivity index (χ2n) is 7.50. The van der Waals surface area contributed by atoms with Crippen molar-refractivity contribution in [3.05, 3.63) is 67.5 Å². The summed E-state index contributed by atoms with van der Waals surface area (Å²) in [5.74, 6) is 1.39. The van der Waals surface area contributed by atoms with E-state index >= 15 is 0 Å². The fraction of sp³-hybridized carbons (Fsp3) is 0.304. The van der Waals surface area contributed by atoms with Gasteiger partial charge in [0.05, 0.1) is 22.7 Å². The molecule has 0 radical (unpaired) electrons. The summed E-state index contributed by atoms with van der Waals surface area (Å²) in [6.45, 7) is 6.28. The molecule has 0 spiro atoms. The summed E-state index contributed by atoms with van der Waals surface area (Å²) >= 11 is 1.37. The van der Waals surface area contributed by atoms with Crippen LogP contribution in [0.5, 0.6) is 5.75 Å². The van der Waals surface area contributed by atoms with Crippen LogP contribution < -0.4 is 16.0 Å². The smallest absolute Gasteiger partial charge is 0.277 e. The number of hydrogen-bond acceptors (Lipinski definition) is 6. The third-order valence-electron chi connectivity index (χ3n) is 5.10. The Morgan fingerprint density at radius 3 is 2.75 bits per heavy atom. The molecule has 32 heavy (non-hydrogen) atoms. The van der Waals surface area contributed by atoms with Crippen molar-refractivity contribution in [1.82, 2.24) is 19.6 Å². The number of rotatable bonds is 8. The summed E-state index contributed by atoms with van der Waals surface area (Å²) in [4.78, 5) is 33.3. The zero-order chi connectivity index (χ0) is 22.8. The van der Waals surface area contributed by atoms with E-state index in [-0.39, 0.29) is 5.56 Å². The number of hydrogen-bond donors (Lipinski definition) is 2. The van der Waals surface area contributed by atoms with E-state index in [0.717, 1.165) is 29.1 Å². The molecule has 4 rings (SSSR count). The van der Waals surface area contributed by atoms with Crippen LogP contribution in [0.25, 0.3) is 16.9 Å². The van der Waals surface area contributed by atoms with Crippen LogP contribution in [0.2, 0.25) is 0 Å². The Kier molecular flexibility index (Phi) is 6.09. The van der Waals surface area contributed by atoms with E-state index in [1.807, 2.05) is 38.1 Å². The van der Waals surface area contributed by atoms with Crippen LogP contribution in [-0.2, 0) is 12.8 Å². The van der Waals surface area contributed by atoms with Crippen molar-refractivity contribution >= 4 is 22.8 Å². The predicted octanol–water partition coefficient (Wildman–Crippen LogP) is 3.50. The molecule has 0 saturated heterocycles. The van der Waals surface area contributed by atoms with E-state index in [4.69, 9.17) is 15.6 Å². The summed E-state index contributed by atoms with van der Waals surface area (Å²) in [6.07, 6.45) is 2.25. The molecule has 0 atom stereocenters. The van der Waals surface area contributed by atoms with Gasteiger partial charge in [-0.1, -0.05) is 13.0 Å². The number of primary amides is 1. The largest absolute Gasteiger partial charge is 0.493 e. The number of fused-ring (bicyclic) bond motifs is 1. The zero-order valence-corrected chi connectivity index (χ0v) is 19.1.